The van der Waals surface area contributed by atoms with Crippen LogP contribution in [0, 0.1) is 0 Å². The molecule has 0 atom stereocenters. The first-order valence-electron chi connectivity index (χ1n) is 7.21. The molecule has 0 spiro atoms. The van der Waals surface area contributed by atoms with Gasteiger partial charge in [0.2, 0.25) is 0 Å². The molecule has 1 aromatic carbocycles. The molecule has 0 saturated carbocycles. The molecule has 0 bridgehead atoms. The molecule has 112 valence electrons. The highest BCUT2D eigenvalue weighted by Crippen LogP contribution is 2.33. The summed E-state index contributed by atoms with van der Waals surface area (Å²) in [6, 6.07) is 3.37. The average Bonchev–Trinajstić information content (AvgIpc) is 2.41. The Kier molecular flexibility index (Phi) is 7.09. The molecule has 4 heteroatoms. The van der Waals surface area contributed by atoms with E-state index in [1.807, 2.05) is 6.92 Å². The Bertz CT molecular complexity index is 440. The maximum atomic E-state index is 11.4. The predicted octanol–water partition coefficient (Wildman–Crippen LogP) is 3.09. The lowest BCUT2D eigenvalue weighted by molar-refractivity contribution is 0.101. The summed E-state index contributed by atoms with van der Waals surface area (Å²) >= 11 is 0. The van der Waals surface area contributed by atoms with Gasteiger partial charge in [-0.25, -0.2) is 0 Å². The van der Waals surface area contributed by atoms with E-state index in [-0.39, 0.29) is 18.1 Å². The molecule has 0 saturated heterocycles. The van der Waals surface area contributed by atoms with Crippen LogP contribution in [0.1, 0.15) is 55.5 Å². The van der Waals surface area contributed by atoms with Crippen LogP contribution in [-0.4, -0.2) is 29.2 Å². The molecule has 0 aromatic heterocycles. The molecule has 0 aliphatic carbocycles. The molecule has 0 aliphatic rings. The van der Waals surface area contributed by atoms with Crippen molar-refractivity contribution in [1.82, 2.24) is 0 Å². The number of ketones is 1. The number of hydrogen-bond acceptors (Lipinski definition) is 4. The number of aliphatic hydroxyl groups is 1. The lowest BCUT2D eigenvalue weighted by atomic mass is 10.0. The van der Waals surface area contributed by atoms with E-state index in [0.717, 1.165) is 25.7 Å². The zero-order valence-corrected chi connectivity index (χ0v) is 12.3. The summed E-state index contributed by atoms with van der Waals surface area (Å²) in [6.07, 6.45) is 4.10. The minimum atomic E-state index is -0.144. The number of Topliss-reactive ketones (excluding diaryl/α,β-unsaturated/α-hetero) is 1. The minimum Gasteiger partial charge on any atom is -0.507 e. The molecular weight excluding hydrogens is 256 g/mol. The normalized spacial score (nSPS) is 10.6. The van der Waals surface area contributed by atoms with Crippen molar-refractivity contribution in [3.8, 4) is 11.5 Å². The molecule has 0 aliphatic heterocycles. The van der Waals surface area contributed by atoms with E-state index in [1.165, 1.54) is 6.92 Å². The van der Waals surface area contributed by atoms with E-state index >= 15 is 0 Å². The Balaban J connectivity index is 2.79. The Morgan fingerprint density at radius 1 is 1.25 bits per heavy atom. The van der Waals surface area contributed by atoms with Gasteiger partial charge in [0.25, 0.3) is 0 Å². The summed E-state index contributed by atoms with van der Waals surface area (Å²) in [7, 11) is 0. The fourth-order valence-electron chi connectivity index (χ4n) is 2.10. The standard InChI is InChI=1S/C16H24O4/c1-3-7-14-15(20-11-6-4-5-10-17)9-8-13(12(2)18)16(14)19/h8-9,17,19H,3-7,10-11H2,1-2H3. The highest BCUT2D eigenvalue weighted by Gasteiger charge is 2.15. The van der Waals surface area contributed by atoms with Crippen LogP contribution < -0.4 is 4.74 Å². The van der Waals surface area contributed by atoms with Crippen LogP contribution in [0.15, 0.2) is 12.1 Å². The summed E-state index contributed by atoms with van der Waals surface area (Å²) in [5.41, 5.74) is 1.06. The van der Waals surface area contributed by atoms with Crippen LogP contribution in [0.3, 0.4) is 0 Å². The van der Waals surface area contributed by atoms with Crippen LogP contribution in [-0.2, 0) is 6.42 Å². The van der Waals surface area contributed by atoms with Gasteiger partial charge in [-0.15, -0.1) is 0 Å². The van der Waals surface area contributed by atoms with Gasteiger partial charge >= 0.3 is 0 Å². The lowest BCUT2D eigenvalue weighted by Crippen LogP contribution is -2.03. The van der Waals surface area contributed by atoms with Crippen LogP contribution in [0.5, 0.6) is 11.5 Å². The third-order valence-corrected chi connectivity index (χ3v) is 3.18. The maximum absolute atomic E-state index is 11.4. The van der Waals surface area contributed by atoms with Gasteiger partial charge in [-0.2, -0.15) is 0 Å². The predicted molar refractivity (Wildman–Crippen MR) is 78.5 cm³/mol. The van der Waals surface area contributed by atoms with Crippen LogP contribution in [0.25, 0.3) is 0 Å². The van der Waals surface area contributed by atoms with Gasteiger partial charge in [0.1, 0.15) is 11.5 Å². The number of phenolic OH excluding ortho intramolecular Hbond substituents is 1. The second kappa shape index (κ2) is 8.59. The van der Waals surface area contributed by atoms with Gasteiger partial charge in [0.15, 0.2) is 5.78 Å². The SMILES string of the molecule is CCCc1c(OCCCCCO)ccc(C(C)=O)c1O. The molecule has 1 rings (SSSR count). The van der Waals surface area contributed by atoms with E-state index in [2.05, 4.69) is 0 Å². The number of aromatic hydroxyl groups is 1. The molecular formula is C16H24O4. The number of phenols is 1. The Labute approximate surface area is 120 Å². The first-order chi connectivity index (χ1) is 9.61. The first-order valence-corrected chi connectivity index (χ1v) is 7.21. The smallest absolute Gasteiger partial charge is 0.163 e. The number of benzene rings is 1. The van der Waals surface area contributed by atoms with E-state index in [1.54, 1.807) is 12.1 Å². The zero-order valence-electron chi connectivity index (χ0n) is 12.3. The van der Waals surface area contributed by atoms with E-state index in [9.17, 15) is 9.90 Å². The summed E-state index contributed by atoms with van der Waals surface area (Å²) in [5.74, 6) is 0.555. The second-order valence-corrected chi connectivity index (χ2v) is 4.88. The van der Waals surface area contributed by atoms with Crippen molar-refractivity contribution < 1.29 is 19.7 Å². The van der Waals surface area contributed by atoms with Crippen LogP contribution in [0.4, 0.5) is 0 Å². The number of ether oxygens (including phenoxy) is 1. The van der Waals surface area contributed by atoms with Crippen molar-refractivity contribution in [2.75, 3.05) is 13.2 Å². The third kappa shape index (κ3) is 4.53. The summed E-state index contributed by atoms with van der Waals surface area (Å²) in [4.78, 5) is 11.4. The van der Waals surface area contributed by atoms with Crippen molar-refractivity contribution in [3.05, 3.63) is 23.3 Å². The van der Waals surface area contributed by atoms with Gasteiger partial charge in [0.05, 0.1) is 12.2 Å². The fourth-order valence-corrected chi connectivity index (χ4v) is 2.10. The van der Waals surface area contributed by atoms with Gasteiger partial charge in [0, 0.05) is 12.2 Å². The molecule has 0 unspecified atom stereocenters. The van der Waals surface area contributed by atoms with Crippen molar-refractivity contribution in [2.24, 2.45) is 0 Å². The van der Waals surface area contributed by atoms with Gasteiger partial charge in [-0.05, 0) is 44.7 Å². The number of carbonyl (C=O) groups excluding carboxylic acids is 1. The van der Waals surface area contributed by atoms with E-state index < -0.39 is 0 Å². The summed E-state index contributed by atoms with van der Waals surface area (Å²) in [5, 5.41) is 18.9. The zero-order chi connectivity index (χ0) is 15.0. The number of rotatable bonds is 9. The molecule has 4 nitrogen and oxygen atoms in total. The van der Waals surface area contributed by atoms with Crippen LogP contribution in [0.2, 0.25) is 0 Å². The Hall–Kier alpha value is -1.55. The Morgan fingerprint density at radius 2 is 2.00 bits per heavy atom. The Morgan fingerprint density at radius 3 is 2.60 bits per heavy atom. The molecule has 0 heterocycles. The second-order valence-electron chi connectivity index (χ2n) is 4.88. The summed E-state index contributed by atoms with van der Waals surface area (Å²) < 4.78 is 5.70. The average molecular weight is 280 g/mol. The highest BCUT2D eigenvalue weighted by molar-refractivity contribution is 5.97. The lowest BCUT2D eigenvalue weighted by Gasteiger charge is -2.14. The van der Waals surface area contributed by atoms with Crippen molar-refractivity contribution in [1.29, 1.82) is 0 Å². The third-order valence-electron chi connectivity index (χ3n) is 3.18. The first kappa shape index (κ1) is 16.5. The van der Waals surface area contributed by atoms with Gasteiger partial charge < -0.3 is 14.9 Å². The molecule has 0 amide bonds. The summed E-state index contributed by atoms with van der Waals surface area (Å²) in [6.45, 7) is 4.22. The van der Waals surface area contributed by atoms with E-state index in [0.29, 0.717) is 29.9 Å². The molecule has 1 aromatic rings. The molecule has 0 radical (unpaired) electrons. The van der Waals surface area contributed by atoms with Gasteiger partial charge in [-0.3, -0.25) is 4.79 Å². The van der Waals surface area contributed by atoms with Crippen molar-refractivity contribution >= 4 is 5.78 Å². The quantitative estimate of drug-likeness (QED) is 0.539. The number of hydrogen-bond donors (Lipinski definition) is 2. The highest BCUT2D eigenvalue weighted by atomic mass is 16.5. The topological polar surface area (TPSA) is 66.8 Å². The molecule has 20 heavy (non-hydrogen) atoms. The minimum absolute atomic E-state index is 0.0483. The monoisotopic (exact) mass is 280 g/mol. The number of aliphatic hydroxyl groups excluding tert-OH is 1. The molecule has 2 N–H and O–H groups in total. The van der Waals surface area contributed by atoms with Gasteiger partial charge in [-0.1, -0.05) is 13.3 Å². The molecule has 0 fully saturated rings. The van der Waals surface area contributed by atoms with Crippen LogP contribution >= 0.6 is 0 Å². The fraction of sp³-hybridized carbons (Fsp3) is 0.562. The van der Waals surface area contributed by atoms with E-state index in [4.69, 9.17) is 9.84 Å². The largest absolute Gasteiger partial charge is 0.507 e. The van der Waals surface area contributed by atoms with Crippen molar-refractivity contribution in [2.45, 2.75) is 46.0 Å². The maximum Gasteiger partial charge on any atom is 0.163 e. The van der Waals surface area contributed by atoms with Crippen molar-refractivity contribution in [3.63, 3.8) is 0 Å². The number of unbranched alkanes of at least 4 members (excludes halogenated alkanes) is 2. The number of carbonyl (C=O) groups is 1.